The number of carbonyl (C=O) groups excluding carboxylic acids is 1. The second-order valence-electron chi connectivity index (χ2n) is 5.32. The maximum atomic E-state index is 12.2. The minimum atomic E-state index is -0.243. The SMILES string of the molecule is Cc1ccc(CNC(=O)c2nnc(CSc3cccc[n+]3[O-])s2)cc1. The van der Waals surface area contributed by atoms with Crippen LogP contribution in [0.15, 0.2) is 53.7 Å². The smallest absolute Gasteiger partial charge is 0.282 e. The van der Waals surface area contributed by atoms with Crippen molar-refractivity contribution in [3.05, 3.63) is 75.0 Å². The third-order valence-corrected chi connectivity index (χ3v) is 5.50. The first-order chi connectivity index (χ1) is 12.1. The Morgan fingerprint density at radius 1 is 1.24 bits per heavy atom. The van der Waals surface area contributed by atoms with Gasteiger partial charge in [-0.25, -0.2) is 0 Å². The Kier molecular flexibility index (Phi) is 5.62. The van der Waals surface area contributed by atoms with Crippen LogP contribution in [-0.4, -0.2) is 16.1 Å². The highest BCUT2D eigenvalue weighted by Crippen LogP contribution is 2.21. The third kappa shape index (κ3) is 4.77. The molecule has 1 amide bonds. The fourth-order valence-corrected chi connectivity index (χ4v) is 3.68. The van der Waals surface area contributed by atoms with Crippen LogP contribution in [0.4, 0.5) is 0 Å². The molecule has 0 fully saturated rings. The first kappa shape index (κ1) is 17.4. The van der Waals surface area contributed by atoms with E-state index >= 15 is 0 Å². The topological polar surface area (TPSA) is 81.8 Å². The number of carbonyl (C=O) groups is 1. The largest absolute Gasteiger partial charge is 0.618 e. The Bertz CT molecular complexity index is 865. The number of nitrogens with zero attached hydrogens (tertiary/aromatic N) is 3. The van der Waals surface area contributed by atoms with Gasteiger partial charge >= 0.3 is 0 Å². The maximum Gasteiger partial charge on any atom is 0.282 e. The van der Waals surface area contributed by atoms with E-state index in [9.17, 15) is 10.0 Å². The first-order valence-electron chi connectivity index (χ1n) is 7.59. The third-order valence-electron chi connectivity index (χ3n) is 3.37. The van der Waals surface area contributed by atoms with Crippen molar-refractivity contribution in [2.24, 2.45) is 0 Å². The molecule has 3 rings (SSSR count). The van der Waals surface area contributed by atoms with Gasteiger partial charge in [0.25, 0.3) is 10.9 Å². The summed E-state index contributed by atoms with van der Waals surface area (Å²) in [7, 11) is 0. The molecule has 0 aliphatic rings. The second kappa shape index (κ2) is 8.09. The van der Waals surface area contributed by atoms with E-state index in [4.69, 9.17) is 0 Å². The predicted molar refractivity (Wildman–Crippen MR) is 97.2 cm³/mol. The van der Waals surface area contributed by atoms with Crippen molar-refractivity contribution in [3.8, 4) is 0 Å². The fourth-order valence-electron chi connectivity index (χ4n) is 2.03. The molecule has 1 aromatic carbocycles. The molecular weight excluding hydrogens is 356 g/mol. The fraction of sp³-hybridized carbons (Fsp3) is 0.176. The van der Waals surface area contributed by atoms with Crippen molar-refractivity contribution in [1.82, 2.24) is 15.5 Å². The molecule has 8 heteroatoms. The molecule has 0 radical (unpaired) electrons. The van der Waals surface area contributed by atoms with Gasteiger partial charge in [-0.05, 0) is 30.3 Å². The summed E-state index contributed by atoms with van der Waals surface area (Å²) in [6.07, 6.45) is 1.45. The van der Waals surface area contributed by atoms with Crippen LogP contribution in [0.2, 0.25) is 0 Å². The molecule has 0 spiro atoms. The average molecular weight is 372 g/mol. The number of amides is 1. The highest BCUT2D eigenvalue weighted by molar-refractivity contribution is 7.98. The van der Waals surface area contributed by atoms with Gasteiger partial charge in [-0.2, -0.15) is 4.73 Å². The number of thioether (sulfide) groups is 1. The van der Waals surface area contributed by atoms with Gasteiger partial charge in [-0.1, -0.05) is 41.2 Å². The van der Waals surface area contributed by atoms with Gasteiger partial charge in [0.1, 0.15) is 5.01 Å². The summed E-state index contributed by atoms with van der Waals surface area (Å²) in [5.74, 6) is 0.253. The lowest BCUT2D eigenvalue weighted by molar-refractivity contribution is -0.645. The molecule has 2 heterocycles. The molecule has 3 aromatic rings. The Hall–Kier alpha value is -2.45. The summed E-state index contributed by atoms with van der Waals surface area (Å²) in [6.45, 7) is 2.47. The Labute approximate surface area is 153 Å². The summed E-state index contributed by atoms with van der Waals surface area (Å²) < 4.78 is 0.806. The summed E-state index contributed by atoms with van der Waals surface area (Å²) in [5.41, 5.74) is 2.21. The molecule has 25 heavy (non-hydrogen) atoms. The van der Waals surface area contributed by atoms with Crippen molar-refractivity contribution < 1.29 is 9.52 Å². The number of benzene rings is 1. The molecule has 128 valence electrons. The molecule has 0 atom stereocenters. The van der Waals surface area contributed by atoms with Crippen LogP contribution in [0, 0.1) is 12.1 Å². The zero-order chi connectivity index (χ0) is 17.6. The molecule has 0 aliphatic carbocycles. The molecule has 0 unspecified atom stereocenters. The number of nitrogens with one attached hydrogen (secondary N) is 1. The summed E-state index contributed by atoms with van der Waals surface area (Å²) >= 11 is 2.60. The van der Waals surface area contributed by atoms with E-state index in [0.717, 1.165) is 10.3 Å². The minimum Gasteiger partial charge on any atom is -0.618 e. The van der Waals surface area contributed by atoms with E-state index in [1.165, 1.54) is 34.9 Å². The van der Waals surface area contributed by atoms with Gasteiger partial charge in [-0.3, -0.25) is 4.79 Å². The Balaban J connectivity index is 1.54. The molecular formula is C17H16N4O2S2. The number of aromatic nitrogens is 3. The van der Waals surface area contributed by atoms with Crippen LogP contribution in [0.5, 0.6) is 0 Å². The van der Waals surface area contributed by atoms with Gasteiger partial charge in [0, 0.05) is 18.7 Å². The highest BCUT2D eigenvalue weighted by Gasteiger charge is 2.14. The van der Waals surface area contributed by atoms with Gasteiger partial charge < -0.3 is 10.5 Å². The van der Waals surface area contributed by atoms with E-state index in [2.05, 4.69) is 15.5 Å². The zero-order valence-corrected chi connectivity index (χ0v) is 15.1. The van der Waals surface area contributed by atoms with Crippen LogP contribution >= 0.6 is 23.1 Å². The average Bonchev–Trinajstić information content (AvgIpc) is 3.09. The molecule has 0 saturated carbocycles. The summed E-state index contributed by atoms with van der Waals surface area (Å²) in [5, 5.41) is 24.0. The standard InChI is InChI=1S/C17H16N4O2S2/c1-12-5-7-13(8-6-12)10-18-16(22)17-20-19-14(25-17)11-24-15-4-2-3-9-21(15)23/h2-9H,10-11H2,1H3,(H,18,22). The normalized spacial score (nSPS) is 10.6. The lowest BCUT2D eigenvalue weighted by Gasteiger charge is -2.03. The van der Waals surface area contributed by atoms with E-state index in [1.54, 1.807) is 18.2 Å². The number of aryl methyl sites for hydroxylation is 1. The number of rotatable bonds is 6. The van der Waals surface area contributed by atoms with E-state index in [0.29, 0.717) is 27.3 Å². The van der Waals surface area contributed by atoms with Gasteiger partial charge in [-0.15, -0.1) is 10.2 Å². The van der Waals surface area contributed by atoms with Crippen LogP contribution in [0.25, 0.3) is 0 Å². The van der Waals surface area contributed by atoms with Gasteiger partial charge in [0.2, 0.25) is 5.01 Å². The predicted octanol–water partition coefficient (Wildman–Crippen LogP) is 2.70. The van der Waals surface area contributed by atoms with Crippen molar-refractivity contribution >= 4 is 29.0 Å². The second-order valence-corrected chi connectivity index (χ2v) is 7.38. The van der Waals surface area contributed by atoms with Crippen LogP contribution < -0.4 is 10.0 Å². The van der Waals surface area contributed by atoms with E-state index in [1.807, 2.05) is 31.2 Å². The van der Waals surface area contributed by atoms with Crippen LogP contribution in [0.1, 0.15) is 25.9 Å². The van der Waals surface area contributed by atoms with Gasteiger partial charge in [0.15, 0.2) is 6.20 Å². The summed E-state index contributed by atoms with van der Waals surface area (Å²) in [6, 6.07) is 13.2. The summed E-state index contributed by atoms with van der Waals surface area (Å²) in [4.78, 5) is 12.2. The molecule has 6 nitrogen and oxygen atoms in total. The van der Waals surface area contributed by atoms with E-state index < -0.39 is 0 Å². The Morgan fingerprint density at radius 3 is 2.80 bits per heavy atom. The molecule has 1 N–H and O–H groups in total. The monoisotopic (exact) mass is 372 g/mol. The minimum absolute atomic E-state index is 0.243. The lowest BCUT2D eigenvalue weighted by Crippen LogP contribution is -2.27. The molecule has 0 aliphatic heterocycles. The van der Waals surface area contributed by atoms with Crippen molar-refractivity contribution in [2.75, 3.05) is 0 Å². The molecule has 2 aromatic heterocycles. The Morgan fingerprint density at radius 2 is 2.04 bits per heavy atom. The number of hydrogen-bond acceptors (Lipinski definition) is 6. The first-order valence-corrected chi connectivity index (χ1v) is 9.39. The van der Waals surface area contributed by atoms with Gasteiger partial charge in [0.05, 0.1) is 5.75 Å². The maximum absolute atomic E-state index is 12.2. The van der Waals surface area contributed by atoms with Crippen LogP contribution in [-0.2, 0) is 12.3 Å². The quantitative estimate of drug-likeness (QED) is 0.409. The van der Waals surface area contributed by atoms with Crippen LogP contribution in [0.3, 0.4) is 0 Å². The zero-order valence-electron chi connectivity index (χ0n) is 13.5. The highest BCUT2D eigenvalue weighted by atomic mass is 32.2. The van der Waals surface area contributed by atoms with Crippen molar-refractivity contribution in [3.63, 3.8) is 0 Å². The molecule has 0 saturated heterocycles. The molecule has 0 bridgehead atoms. The van der Waals surface area contributed by atoms with Crippen molar-refractivity contribution in [2.45, 2.75) is 24.2 Å². The lowest BCUT2D eigenvalue weighted by atomic mass is 10.1. The van der Waals surface area contributed by atoms with E-state index in [-0.39, 0.29) is 5.91 Å². The number of hydrogen-bond donors (Lipinski definition) is 1. The number of pyridine rings is 1. The van der Waals surface area contributed by atoms with Crippen molar-refractivity contribution in [1.29, 1.82) is 0 Å².